The Bertz CT molecular complexity index is 472. The zero-order valence-electron chi connectivity index (χ0n) is 12.9. The van der Waals surface area contributed by atoms with Crippen molar-refractivity contribution >= 4 is 11.8 Å². The number of hydrogen-bond donors (Lipinski definition) is 1. The van der Waals surface area contributed by atoms with Gasteiger partial charge in [-0.05, 0) is 48.4 Å². The molecule has 3 nitrogen and oxygen atoms in total. The van der Waals surface area contributed by atoms with E-state index in [1.807, 2.05) is 26.8 Å². The van der Waals surface area contributed by atoms with Crippen molar-refractivity contribution in [1.29, 1.82) is 0 Å². The summed E-state index contributed by atoms with van der Waals surface area (Å²) in [5, 5.41) is 9.39. The van der Waals surface area contributed by atoms with Crippen molar-refractivity contribution in [3.05, 3.63) is 28.8 Å². The first kappa shape index (κ1) is 15.5. The number of nitrogens with zero attached hydrogens (tertiary/aromatic N) is 1. The summed E-state index contributed by atoms with van der Waals surface area (Å²) in [4.78, 5) is 12.9. The highest BCUT2D eigenvalue weighted by Crippen LogP contribution is 2.31. The van der Waals surface area contributed by atoms with Crippen molar-refractivity contribution in [3.63, 3.8) is 0 Å². The van der Waals surface area contributed by atoms with Gasteiger partial charge in [0.2, 0.25) is 0 Å². The summed E-state index contributed by atoms with van der Waals surface area (Å²) in [5.41, 5.74) is 4.20. The van der Waals surface area contributed by atoms with Crippen LogP contribution >= 0.6 is 0 Å². The van der Waals surface area contributed by atoms with Crippen LogP contribution in [-0.4, -0.2) is 17.7 Å². The predicted molar refractivity (Wildman–Crippen MR) is 80.3 cm³/mol. The van der Waals surface area contributed by atoms with Gasteiger partial charge in [-0.15, -0.1) is 0 Å². The first-order valence-electron chi connectivity index (χ1n) is 6.80. The van der Waals surface area contributed by atoms with Crippen LogP contribution < -0.4 is 4.90 Å². The Morgan fingerprint density at radius 3 is 2.26 bits per heavy atom. The molecule has 106 valence electrons. The van der Waals surface area contributed by atoms with Crippen LogP contribution in [0, 0.1) is 13.8 Å². The minimum atomic E-state index is -0.879. The fraction of sp³-hybridized carbons (Fsp3) is 0.562. The minimum Gasteiger partial charge on any atom is -0.465 e. The summed E-state index contributed by atoms with van der Waals surface area (Å²) in [6.45, 7) is 13.0. The Balaban J connectivity index is 3.40. The van der Waals surface area contributed by atoms with Gasteiger partial charge < -0.3 is 5.11 Å². The number of rotatable bonds is 3. The molecule has 0 fully saturated rings. The molecule has 19 heavy (non-hydrogen) atoms. The average molecular weight is 263 g/mol. The molecule has 0 aromatic heterocycles. The van der Waals surface area contributed by atoms with Crippen LogP contribution in [0.5, 0.6) is 0 Å². The van der Waals surface area contributed by atoms with E-state index < -0.39 is 6.09 Å². The first-order valence-corrected chi connectivity index (χ1v) is 6.80. The lowest BCUT2D eigenvalue weighted by molar-refractivity contribution is 0.201. The maximum absolute atomic E-state index is 11.4. The lowest BCUT2D eigenvalue weighted by Crippen LogP contribution is -2.31. The van der Waals surface area contributed by atoms with Crippen molar-refractivity contribution in [3.8, 4) is 0 Å². The van der Waals surface area contributed by atoms with Crippen molar-refractivity contribution in [2.24, 2.45) is 0 Å². The maximum atomic E-state index is 11.4. The van der Waals surface area contributed by atoms with Crippen LogP contribution in [-0.2, 0) is 5.41 Å². The molecule has 1 aromatic carbocycles. The van der Waals surface area contributed by atoms with Crippen LogP contribution in [0.4, 0.5) is 10.5 Å². The number of benzene rings is 1. The second-order valence-corrected chi connectivity index (χ2v) is 6.12. The molecule has 0 aliphatic heterocycles. The highest BCUT2D eigenvalue weighted by Gasteiger charge is 2.21. The van der Waals surface area contributed by atoms with Crippen molar-refractivity contribution in [2.45, 2.75) is 53.4 Å². The third-order valence-corrected chi connectivity index (χ3v) is 3.47. The SMILES string of the molecule is CCCN(C(=O)O)c1cc(C(C)(C)C)cc(C)c1C. The van der Waals surface area contributed by atoms with E-state index in [4.69, 9.17) is 0 Å². The monoisotopic (exact) mass is 263 g/mol. The van der Waals surface area contributed by atoms with Gasteiger partial charge in [-0.3, -0.25) is 4.90 Å². The molecule has 0 heterocycles. The van der Waals surface area contributed by atoms with Crippen molar-refractivity contribution < 1.29 is 9.90 Å². The number of amides is 1. The third kappa shape index (κ3) is 3.49. The minimum absolute atomic E-state index is 0.0175. The normalized spacial score (nSPS) is 11.5. The smallest absolute Gasteiger partial charge is 0.411 e. The van der Waals surface area contributed by atoms with Gasteiger partial charge in [0.1, 0.15) is 0 Å². The number of anilines is 1. The number of carbonyl (C=O) groups is 1. The second-order valence-electron chi connectivity index (χ2n) is 6.12. The molecule has 3 heteroatoms. The molecule has 1 N–H and O–H groups in total. The van der Waals surface area contributed by atoms with Gasteiger partial charge in [0, 0.05) is 6.54 Å². The van der Waals surface area contributed by atoms with Gasteiger partial charge in [-0.1, -0.05) is 33.8 Å². The predicted octanol–water partition coefficient (Wildman–Crippen LogP) is 4.50. The summed E-state index contributed by atoms with van der Waals surface area (Å²) < 4.78 is 0. The van der Waals surface area contributed by atoms with Gasteiger partial charge in [0.25, 0.3) is 0 Å². The Morgan fingerprint density at radius 1 is 1.26 bits per heavy atom. The molecule has 0 unspecified atom stereocenters. The van der Waals surface area contributed by atoms with E-state index >= 15 is 0 Å². The Morgan fingerprint density at radius 2 is 1.84 bits per heavy atom. The quantitative estimate of drug-likeness (QED) is 0.872. The summed E-state index contributed by atoms with van der Waals surface area (Å²) in [5.74, 6) is 0. The summed E-state index contributed by atoms with van der Waals surface area (Å²) in [7, 11) is 0. The zero-order chi connectivity index (χ0) is 14.8. The van der Waals surface area contributed by atoms with Gasteiger partial charge >= 0.3 is 6.09 Å². The lowest BCUT2D eigenvalue weighted by Gasteiger charge is -2.26. The first-order chi connectivity index (χ1) is 8.68. The van der Waals surface area contributed by atoms with Crippen LogP contribution in [0.25, 0.3) is 0 Å². The Hall–Kier alpha value is -1.51. The van der Waals surface area contributed by atoms with E-state index in [0.29, 0.717) is 6.54 Å². The standard InChI is InChI=1S/C16H25NO2/c1-7-8-17(15(18)19)14-10-13(16(4,5)6)9-11(2)12(14)3/h9-10H,7-8H2,1-6H3,(H,18,19). The fourth-order valence-electron chi connectivity index (χ4n) is 2.10. The molecule has 1 amide bonds. The van der Waals surface area contributed by atoms with E-state index in [1.54, 1.807) is 0 Å². The summed E-state index contributed by atoms with van der Waals surface area (Å²) in [6.07, 6.45) is -0.0692. The van der Waals surface area contributed by atoms with Crippen molar-refractivity contribution in [2.75, 3.05) is 11.4 Å². The molecule has 0 saturated heterocycles. The summed E-state index contributed by atoms with van der Waals surface area (Å²) >= 11 is 0. The highest BCUT2D eigenvalue weighted by atomic mass is 16.4. The average Bonchev–Trinajstić information content (AvgIpc) is 2.28. The lowest BCUT2D eigenvalue weighted by atomic mass is 9.84. The van der Waals surface area contributed by atoms with Crippen LogP contribution in [0.3, 0.4) is 0 Å². The maximum Gasteiger partial charge on any atom is 0.411 e. The van der Waals surface area contributed by atoms with Gasteiger partial charge in [-0.25, -0.2) is 4.79 Å². The van der Waals surface area contributed by atoms with E-state index in [9.17, 15) is 9.90 Å². The van der Waals surface area contributed by atoms with E-state index in [0.717, 1.165) is 23.2 Å². The van der Waals surface area contributed by atoms with E-state index in [-0.39, 0.29) is 5.41 Å². The van der Waals surface area contributed by atoms with Crippen LogP contribution in [0.1, 0.15) is 50.8 Å². The Kier molecular flexibility index (Phi) is 4.61. The molecule has 0 aliphatic carbocycles. The molecule has 0 aliphatic rings. The molecule has 0 spiro atoms. The molecule has 0 bridgehead atoms. The highest BCUT2D eigenvalue weighted by molar-refractivity contribution is 5.87. The van der Waals surface area contributed by atoms with Crippen LogP contribution in [0.15, 0.2) is 12.1 Å². The molecule has 1 aromatic rings. The number of carboxylic acid groups (broad SMARTS) is 1. The second kappa shape index (κ2) is 5.64. The van der Waals surface area contributed by atoms with E-state index in [1.165, 1.54) is 10.5 Å². The largest absolute Gasteiger partial charge is 0.465 e. The molecule has 0 saturated carbocycles. The van der Waals surface area contributed by atoms with Gasteiger partial charge in [0.15, 0.2) is 0 Å². The van der Waals surface area contributed by atoms with Crippen molar-refractivity contribution in [1.82, 2.24) is 0 Å². The van der Waals surface area contributed by atoms with E-state index in [2.05, 4.69) is 26.8 Å². The number of aryl methyl sites for hydroxylation is 1. The molecule has 1 rings (SSSR count). The molecular weight excluding hydrogens is 238 g/mol. The fourth-order valence-corrected chi connectivity index (χ4v) is 2.10. The Labute approximate surface area is 116 Å². The zero-order valence-corrected chi connectivity index (χ0v) is 12.9. The summed E-state index contributed by atoms with van der Waals surface area (Å²) in [6, 6.07) is 4.18. The topological polar surface area (TPSA) is 40.5 Å². The third-order valence-electron chi connectivity index (χ3n) is 3.47. The molecule has 0 atom stereocenters. The number of hydrogen-bond acceptors (Lipinski definition) is 1. The molecule has 0 radical (unpaired) electrons. The van der Waals surface area contributed by atoms with Gasteiger partial charge in [0.05, 0.1) is 5.69 Å². The van der Waals surface area contributed by atoms with Gasteiger partial charge in [-0.2, -0.15) is 0 Å². The molecular formula is C16H25NO2. The van der Waals surface area contributed by atoms with Crippen LogP contribution in [0.2, 0.25) is 0 Å².